The van der Waals surface area contributed by atoms with E-state index in [-0.39, 0.29) is 11.8 Å². The van der Waals surface area contributed by atoms with Crippen molar-refractivity contribution in [3.63, 3.8) is 0 Å². The van der Waals surface area contributed by atoms with E-state index in [1.165, 1.54) is 6.21 Å². The second-order valence-electron chi connectivity index (χ2n) is 6.94. The fraction of sp³-hybridized carbons (Fsp3) is 0.286. The molecule has 4 rings (SSSR count). The Kier molecular flexibility index (Phi) is 5.80. The maximum absolute atomic E-state index is 12.7. The number of aromatic nitrogens is 4. The van der Waals surface area contributed by atoms with Crippen LogP contribution in [0, 0.1) is 5.41 Å². The Morgan fingerprint density at radius 2 is 2.07 bits per heavy atom. The fourth-order valence-electron chi connectivity index (χ4n) is 3.36. The van der Waals surface area contributed by atoms with E-state index < -0.39 is 0 Å². The van der Waals surface area contributed by atoms with E-state index in [4.69, 9.17) is 9.93 Å². The van der Waals surface area contributed by atoms with Crippen LogP contribution in [-0.4, -0.2) is 74.8 Å². The van der Waals surface area contributed by atoms with Crippen molar-refractivity contribution in [1.29, 1.82) is 5.41 Å². The molecule has 30 heavy (non-hydrogen) atoms. The Bertz CT molecular complexity index is 1060. The van der Waals surface area contributed by atoms with E-state index in [1.54, 1.807) is 23.2 Å². The molecule has 1 saturated heterocycles. The SMILES string of the molecule is CCN1CCN(C(=O)c2nc(-c3cccc(-c4cnc(/C=C\C=N)[nH]4)c3)no2)CC1. The molecule has 3 heterocycles. The highest BCUT2D eigenvalue weighted by atomic mass is 16.5. The average molecular weight is 405 g/mol. The van der Waals surface area contributed by atoms with Crippen LogP contribution >= 0.6 is 0 Å². The van der Waals surface area contributed by atoms with Crippen LogP contribution in [0.25, 0.3) is 28.7 Å². The van der Waals surface area contributed by atoms with Gasteiger partial charge in [0.2, 0.25) is 5.82 Å². The first-order valence-electron chi connectivity index (χ1n) is 9.86. The molecule has 9 nitrogen and oxygen atoms in total. The number of likely N-dealkylation sites (N-methyl/N-ethyl adjacent to an activating group) is 1. The van der Waals surface area contributed by atoms with Crippen LogP contribution < -0.4 is 0 Å². The molecule has 154 valence electrons. The van der Waals surface area contributed by atoms with Crippen molar-refractivity contribution in [3.05, 3.63) is 48.3 Å². The van der Waals surface area contributed by atoms with Gasteiger partial charge in [-0.1, -0.05) is 30.3 Å². The topological polar surface area (TPSA) is 115 Å². The quantitative estimate of drug-likeness (QED) is 0.609. The Hall–Kier alpha value is -3.59. The number of hydrogen-bond acceptors (Lipinski definition) is 7. The Morgan fingerprint density at radius 1 is 1.27 bits per heavy atom. The Balaban J connectivity index is 1.50. The molecular weight excluding hydrogens is 382 g/mol. The fourth-order valence-corrected chi connectivity index (χ4v) is 3.36. The Morgan fingerprint density at radius 3 is 2.83 bits per heavy atom. The zero-order valence-electron chi connectivity index (χ0n) is 16.7. The summed E-state index contributed by atoms with van der Waals surface area (Å²) in [6, 6.07) is 7.62. The van der Waals surface area contributed by atoms with Gasteiger partial charge in [-0.3, -0.25) is 4.79 Å². The predicted molar refractivity (Wildman–Crippen MR) is 113 cm³/mol. The monoisotopic (exact) mass is 405 g/mol. The molecule has 2 N–H and O–H groups in total. The molecule has 1 fully saturated rings. The second kappa shape index (κ2) is 8.83. The molecule has 9 heteroatoms. The zero-order chi connectivity index (χ0) is 20.9. The van der Waals surface area contributed by atoms with Gasteiger partial charge in [-0.2, -0.15) is 4.98 Å². The minimum absolute atomic E-state index is 0.0148. The summed E-state index contributed by atoms with van der Waals surface area (Å²) >= 11 is 0. The third-order valence-corrected chi connectivity index (χ3v) is 5.09. The summed E-state index contributed by atoms with van der Waals surface area (Å²) in [5.41, 5.74) is 2.48. The second-order valence-corrected chi connectivity index (χ2v) is 6.94. The molecule has 0 saturated carbocycles. The first-order chi connectivity index (χ1) is 14.7. The lowest BCUT2D eigenvalue weighted by atomic mass is 10.1. The molecule has 1 aliphatic rings. The molecule has 0 unspecified atom stereocenters. The number of H-pyrrole nitrogens is 1. The summed E-state index contributed by atoms with van der Waals surface area (Å²) in [6.07, 6.45) is 6.24. The summed E-state index contributed by atoms with van der Waals surface area (Å²) in [4.78, 5) is 28.5. The van der Waals surface area contributed by atoms with Crippen LogP contribution in [0.5, 0.6) is 0 Å². The molecule has 2 aromatic heterocycles. The summed E-state index contributed by atoms with van der Waals surface area (Å²) in [5.74, 6) is 0.822. The number of rotatable bonds is 6. The summed E-state index contributed by atoms with van der Waals surface area (Å²) in [6.45, 7) is 6.13. The number of allylic oxidation sites excluding steroid dienone is 1. The van der Waals surface area contributed by atoms with Gasteiger partial charge in [-0.15, -0.1) is 0 Å². The van der Waals surface area contributed by atoms with E-state index in [1.807, 2.05) is 24.3 Å². The molecular formula is C21H23N7O2. The van der Waals surface area contributed by atoms with Gasteiger partial charge in [0.15, 0.2) is 0 Å². The van der Waals surface area contributed by atoms with Crippen LogP contribution in [0.15, 0.2) is 41.1 Å². The van der Waals surface area contributed by atoms with Gasteiger partial charge in [0.25, 0.3) is 0 Å². The molecule has 1 aromatic carbocycles. The molecule has 0 spiro atoms. The number of carbonyl (C=O) groups excluding carboxylic acids is 1. The van der Waals surface area contributed by atoms with Crippen LogP contribution in [0.4, 0.5) is 0 Å². The van der Waals surface area contributed by atoms with E-state index in [0.29, 0.717) is 24.7 Å². The molecule has 0 radical (unpaired) electrons. The van der Waals surface area contributed by atoms with Crippen molar-refractivity contribution in [2.24, 2.45) is 0 Å². The maximum atomic E-state index is 12.7. The summed E-state index contributed by atoms with van der Waals surface area (Å²) in [5, 5.41) is 11.1. The third-order valence-electron chi connectivity index (χ3n) is 5.09. The van der Waals surface area contributed by atoms with E-state index in [2.05, 4.69) is 31.9 Å². The van der Waals surface area contributed by atoms with Crippen LogP contribution in [0.1, 0.15) is 23.4 Å². The molecule has 0 aliphatic carbocycles. The van der Waals surface area contributed by atoms with Crippen LogP contribution in [-0.2, 0) is 0 Å². The van der Waals surface area contributed by atoms with Crippen molar-refractivity contribution in [2.45, 2.75) is 6.92 Å². The third kappa shape index (κ3) is 4.20. The zero-order valence-corrected chi connectivity index (χ0v) is 16.7. The molecule has 0 bridgehead atoms. The highest BCUT2D eigenvalue weighted by molar-refractivity contribution is 5.90. The number of carbonyl (C=O) groups is 1. The van der Waals surface area contributed by atoms with Gasteiger partial charge in [0.05, 0.1) is 11.9 Å². The largest absolute Gasteiger partial charge is 0.338 e. The van der Waals surface area contributed by atoms with Gasteiger partial charge in [0.1, 0.15) is 5.82 Å². The van der Waals surface area contributed by atoms with E-state index in [0.717, 1.165) is 36.5 Å². The Labute approximate surface area is 173 Å². The number of nitrogens with zero attached hydrogens (tertiary/aromatic N) is 5. The number of amides is 1. The lowest BCUT2D eigenvalue weighted by Gasteiger charge is -2.33. The highest BCUT2D eigenvalue weighted by Crippen LogP contribution is 2.24. The number of imidazole rings is 1. The molecule has 0 atom stereocenters. The highest BCUT2D eigenvalue weighted by Gasteiger charge is 2.26. The predicted octanol–water partition coefficient (Wildman–Crippen LogP) is 2.57. The normalized spacial score (nSPS) is 15.0. The van der Waals surface area contributed by atoms with Crippen molar-refractivity contribution in [1.82, 2.24) is 29.9 Å². The van der Waals surface area contributed by atoms with E-state index in [9.17, 15) is 4.79 Å². The number of nitrogens with one attached hydrogen (secondary N) is 2. The lowest BCUT2D eigenvalue weighted by Crippen LogP contribution is -2.48. The van der Waals surface area contributed by atoms with Crippen molar-refractivity contribution in [3.8, 4) is 22.6 Å². The average Bonchev–Trinajstić information content (AvgIpc) is 3.47. The number of piperazine rings is 1. The first-order valence-corrected chi connectivity index (χ1v) is 9.86. The van der Waals surface area contributed by atoms with Crippen molar-refractivity contribution < 1.29 is 9.32 Å². The minimum atomic E-state index is -0.225. The maximum Gasteiger partial charge on any atom is 0.316 e. The van der Waals surface area contributed by atoms with Crippen LogP contribution in [0.2, 0.25) is 0 Å². The molecule has 1 amide bonds. The van der Waals surface area contributed by atoms with Crippen molar-refractivity contribution >= 4 is 18.2 Å². The van der Waals surface area contributed by atoms with Gasteiger partial charge in [-0.25, -0.2) is 4.98 Å². The summed E-state index contributed by atoms with van der Waals surface area (Å²) in [7, 11) is 0. The number of benzene rings is 1. The minimum Gasteiger partial charge on any atom is -0.338 e. The van der Waals surface area contributed by atoms with Gasteiger partial charge in [-0.05, 0) is 24.8 Å². The number of hydrogen-bond donors (Lipinski definition) is 2. The summed E-state index contributed by atoms with van der Waals surface area (Å²) < 4.78 is 5.26. The standard InChI is InChI=1S/C21H23N7O2/c1-2-27-9-11-28(12-10-27)21(29)20-25-19(26-30-20)16-6-3-5-15(13-16)17-14-23-18(24-17)7-4-8-22/h3-8,13-14,22H,2,9-12H2,1H3,(H,23,24)/b7-4-,22-8?. The van der Waals surface area contributed by atoms with Crippen molar-refractivity contribution in [2.75, 3.05) is 32.7 Å². The van der Waals surface area contributed by atoms with Crippen LogP contribution in [0.3, 0.4) is 0 Å². The van der Waals surface area contributed by atoms with E-state index >= 15 is 0 Å². The molecule has 1 aliphatic heterocycles. The molecule has 3 aromatic rings. The van der Waals surface area contributed by atoms with Gasteiger partial charge < -0.3 is 24.7 Å². The number of aromatic amines is 1. The first kappa shape index (κ1) is 19.7. The lowest BCUT2D eigenvalue weighted by molar-refractivity contribution is 0.0595. The van der Waals surface area contributed by atoms with Gasteiger partial charge >= 0.3 is 11.8 Å². The van der Waals surface area contributed by atoms with Gasteiger partial charge in [0, 0.05) is 43.5 Å². The smallest absolute Gasteiger partial charge is 0.316 e.